The van der Waals surface area contributed by atoms with Gasteiger partial charge in [0.2, 0.25) is 0 Å². The molecular weight excluding hydrogens is 257 g/mol. The van der Waals surface area contributed by atoms with Gasteiger partial charge in [0.25, 0.3) is 5.91 Å². The van der Waals surface area contributed by atoms with E-state index in [-0.39, 0.29) is 5.56 Å². The smallest absolute Gasteiger partial charge is 0.306 e. The van der Waals surface area contributed by atoms with Crippen molar-refractivity contribution in [3.8, 4) is 0 Å². The number of alkyl halides is 3. The molecule has 1 N–H and O–H groups in total. The van der Waals surface area contributed by atoms with Crippen LogP contribution in [0.25, 0.3) is 0 Å². The number of amides is 1. The number of rotatable bonds is 2. The number of carbonyl (C=O) groups excluding carboxylic acids is 1. The highest BCUT2D eigenvalue weighted by Gasteiger charge is 2.34. The molecule has 0 bridgehead atoms. The summed E-state index contributed by atoms with van der Waals surface area (Å²) in [6.07, 6.45) is -3.37. The van der Waals surface area contributed by atoms with Crippen LogP contribution < -0.4 is 5.32 Å². The number of nitrogens with one attached hydrogen (secondary N) is 1. The van der Waals surface area contributed by atoms with Crippen LogP contribution in [0.5, 0.6) is 0 Å². The zero-order valence-electron chi connectivity index (χ0n) is 9.61. The van der Waals surface area contributed by atoms with Crippen molar-refractivity contribution < 1.29 is 18.0 Å². The van der Waals surface area contributed by atoms with Gasteiger partial charge in [-0.05, 0) is 24.3 Å². The van der Waals surface area contributed by atoms with E-state index >= 15 is 0 Å². The van der Waals surface area contributed by atoms with Crippen molar-refractivity contribution in [2.75, 3.05) is 5.32 Å². The number of anilines is 1. The first-order valence-electron chi connectivity index (χ1n) is 5.37. The summed E-state index contributed by atoms with van der Waals surface area (Å²) in [5.74, 6) is -1.13. The molecule has 0 aliphatic rings. The van der Waals surface area contributed by atoms with E-state index in [1.54, 1.807) is 18.2 Å². The first-order chi connectivity index (χ1) is 8.98. The molecule has 0 atom stereocenters. The minimum atomic E-state index is -4.56. The third-order valence-electron chi connectivity index (χ3n) is 2.38. The molecule has 1 amide bonds. The summed E-state index contributed by atoms with van der Waals surface area (Å²) >= 11 is 0. The summed E-state index contributed by atoms with van der Waals surface area (Å²) in [7, 11) is 0. The van der Waals surface area contributed by atoms with Gasteiger partial charge in [0.1, 0.15) is 5.82 Å². The lowest BCUT2D eigenvalue weighted by Crippen LogP contribution is -2.17. The predicted molar refractivity (Wildman–Crippen MR) is 63.6 cm³/mol. The Bertz CT molecular complexity index is 582. The minimum absolute atomic E-state index is 0.265. The molecule has 3 nitrogen and oxygen atoms in total. The number of nitrogens with zero attached hydrogens (tertiary/aromatic N) is 1. The fraction of sp³-hybridized carbons (Fsp3) is 0.0769. The lowest BCUT2D eigenvalue weighted by Gasteiger charge is -2.12. The number of halogens is 3. The lowest BCUT2D eigenvalue weighted by atomic mass is 10.2. The van der Waals surface area contributed by atoms with E-state index < -0.39 is 23.5 Å². The van der Waals surface area contributed by atoms with E-state index in [4.69, 9.17) is 0 Å². The van der Waals surface area contributed by atoms with Crippen LogP contribution in [-0.4, -0.2) is 10.9 Å². The highest BCUT2D eigenvalue weighted by Crippen LogP contribution is 2.33. The van der Waals surface area contributed by atoms with Crippen molar-refractivity contribution >= 4 is 11.7 Å². The van der Waals surface area contributed by atoms with Crippen LogP contribution in [0.15, 0.2) is 48.7 Å². The molecule has 0 fully saturated rings. The summed E-state index contributed by atoms with van der Waals surface area (Å²) in [5.41, 5.74) is -0.708. The highest BCUT2D eigenvalue weighted by atomic mass is 19.4. The van der Waals surface area contributed by atoms with Gasteiger partial charge in [-0.25, -0.2) is 4.98 Å². The van der Waals surface area contributed by atoms with Gasteiger partial charge in [0, 0.05) is 11.8 Å². The van der Waals surface area contributed by atoms with Crippen LogP contribution >= 0.6 is 0 Å². The average Bonchev–Trinajstić information content (AvgIpc) is 2.39. The summed E-state index contributed by atoms with van der Waals surface area (Å²) in [6.45, 7) is 0. The fourth-order valence-electron chi connectivity index (χ4n) is 1.50. The fourth-order valence-corrected chi connectivity index (χ4v) is 1.50. The van der Waals surface area contributed by atoms with E-state index in [9.17, 15) is 18.0 Å². The molecule has 0 radical (unpaired) electrons. The van der Waals surface area contributed by atoms with E-state index in [0.717, 1.165) is 6.07 Å². The van der Waals surface area contributed by atoms with Gasteiger partial charge in [-0.2, -0.15) is 13.2 Å². The Morgan fingerprint density at radius 3 is 2.37 bits per heavy atom. The molecule has 6 heteroatoms. The molecule has 1 heterocycles. The standard InChI is InChI=1S/C13H9F3N2O/c14-13(15,16)10-7-4-8-17-11(10)18-12(19)9-5-2-1-3-6-9/h1-8H,(H,17,18,19). The zero-order valence-corrected chi connectivity index (χ0v) is 9.61. The number of hydrogen-bond acceptors (Lipinski definition) is 2. The summed E-state index contributed by atoms with van der Waals surface area (Å²) < 4.78 is 38.1. The van der Waals surface area contributed by atoms with Crippen molar-refractivity contribution in [1.82, 2.24) is 4.98 Å². The first kappa shape index (κ1) is 13.1. The summed E-state index contributed by atoms with van der Waals surface area (Å²) in [6, 6.07) is 10.0. The summed E-state index contributed by atoms with van der Waals surface area (Å²) in [5, 5.41) is 2.16. The van der Waals surface area contributed by atoms with Crippen molar-refractivity contribution in [1.29, 1.82) is 0 Å². The quantitative estimate of drug-likeness (QED) is 0.905. The molecule has 2 aromatic rings. The molecule has 0 saturated heterocycles. The second-order valence-electron chi connectivity index (χ2n) is 3.72. The van der Waals surface area contributed by atoms with Gasteiger partial charge < -0.3 is 5.32 Å². The molecule has 0 saturated carbocycles. The minimum Gasteiger partial charge on any atom is -0.306 e. The highest BCUT2D eigenvalue weighted by molar-refractivity contribution is 6.04. The predicted octanol–water partition coefficient (Wildman–Crippen LogP) is 3.35. The molecule has 1 aromatic carbocycles. The number of benzene rings is 1. The average molecular weight is 266 g/mol. The second-order valence-corrected chi connectivity index (χ2v) is 3.72. The number of carbonyl (C=O) groups is 1. The Morgan fingerprint density at radius 2 is 1.74 bits per heavy atom. The van der Waals surface area contributed by atoms with Gasteiger partial charge in [-0.3, -0.25) is 4.79 Å². The van der Waals surface area contributed by atoms with E-state index in [2.05, 4.69) is 10.3 Å². The van der Waals surface area contributed by atoms with E-state index in [1.165, 1.54) is 24.4 Å². The molecule has 0 spiro atoms. The molecule has 98 valence electrons. The van der Waals surface area contributed by atoms with Crippen molar-refractivity contribution in [3.05, 3.63) is 59.8 Å². The molecule has 0 unspecified atom stereocenters. The Morgan fingerprint density at radius 1 is 1.05 bits per heavy atom. The van der Waals surface area contributed by atoms with Crippen LogP contribution in [0.4, 0.5) is 19.0 Å². The Labute approximate surface area is 107 Å². The Hall–Kier alpha value is -2.37. The van der Waals surface area contributed by atoms with Crippen LogP contribution in [0, 0.1) is 0 Å². The van der Waals surface area contributed by atoms with Crippen molar-refractivity contribution in [2.24, 2.45) is 0 Å². The first-order valence-corrected chi connectivity index (χ1v) is 5.37. The third kappa shape index (κ3) is 3.09. The monoisotopic (exact) mass is 266 g/mol. The summed E-state index contributed by atoms with van der Waals surface area (Å²) in [4.78, 5) is 15.3. The van der Waals surface area contributed by atoms with Crippen LogP contribution in [0.3, 0.4) is 0 Å². The maximum Gasteiger partial charge on any atom is 0.419 e. The van der Waals surface area contributed by atoms with Gasteiger partial charge in [0.15, 0.2) is 0 Å². The SMILES string of the molecule is O=C(Nc1ncccc1C(F)(F)F)c1ccccc1. The van der Waals surface area contributed by atoms with Crippen LogP contribution in [0.2, 0.25) is 0 Å². The normalized spacial score (nSPS) is 11.1. The molecule has 19 heavy (non-hydrogen) atoms. The van der Waals surface area contributed by atoms with Crippen molar-refractivity contribution in [2.45, 2.75) is 6.18 Å². The van der Waals surface area contributed by atoms with Crippen LogP contribution in [-0.2, 0) is 6.18 Å². The van der Waals surface area contributed by atoms with E-state index in [1.807, 2.05) is 0 Å². The maximum atomic E-state index is 12.7. The molecule has 2 rings (SSSR count). The number of aromatic nitrogens is 1. The van der Waals surface area contributed by atoms with Gasteiger partial charge in [-0.15, -0.1) is 0 Å². The number of hydrogen-bond donors (Lipinski definition) is 1. The second kappa shape index (κ2) is 5.09. The molecular formula is C13H9F3N2O. The zero-order chi connectivity index (χ0) is 13.9. The van der Waals surface area contributed by atoms with Gasteiger partial charge >= 0.3 is 6.18 Å². The van der Waals surface area contributed by atoms with Crippen molar-refractivity contribution in [3.63, 3.8) is 0 Å². The Balaban J connectivity index is 2.28. The lowest BCUT2D eigenvalue weighted by molar-refractivity contribution is -0.137. The third-order valence-corrected chi connectivity index (χ3v) is 2.38. The van der Waals surface area contributed by atoms with Gasteiger partial charge in [0.05, 0.1) is 5.56 Å². The van der Waals surface area contributed by atoms with Gasteiger partial charge in [-0.1, -0.05) is 18.2 Å². The maximum absolute atomic E-state index is 12.7. The topological polar surface area (TPSA) is 42.0 Å². The molecule has 0 aliphatic heterocycles. The molecule has 0 aliphatic carbocycles. The molecule has 1 aromatic heterocycles. The van der Waals surface area contributed by atoms with E-state index in [0.29, 0.717) is 0 Å². The Kier molecular flexibility index (Phi) is 3.50. The largest absolute Gasteiger partial charge is 0.419 e. The van der Waals surface area contributed by atoms with Crippen LogP contribution in [0.1, 0.15) is 15.9 Å². The number of pyridine rings is 1.